The zero-order valence-corrected chi connectivity index (χ0v) is 21.0. The van der Waals surface area contributed by atoms with Crippen LogP contribution >= 0.6 is 11.8 Å². The molecule has 34 heavy (non-hydrogen) atoms. The van der Waals surface area contributed by atoms with E-state index in [0.29, 0.717) is 17.7 Å². The molecule has 3 aliphatic heterocycles. The second-order valence-electron chi connectivity index (χ2n) is 11.2. The smallest absolute Gasteiger partial charge is 0.315 e. The van der Waals surface area contributed by atoms with Gasteiger partial charge in [-0.05, 0) is 81.3 Å². The molecule has 2 amide bonds. The van der Waals surface area contributed by atoms with Gasteiger partial charge < -0.3 is 20.3 Å². The molecule has 1 aromatic rings. The Balaban J connectivity index is 1.06. The van der Waals surface area contributed by atoms with Crippen LogP contribution in [0, 0.1) is 5.92 Å². The number of nitrogens with zero attached hydrogens (tertiary/aromatic N) is 1. The first-order valence-corrected chi connectivity index (χ1v) is 14.3. The van der Waals surface area contributed by atoms with E-state index in [0.717, 1.165) is 43.1 Å². The molecule has 3 saturated heterocycles. The van der Waals surface area contributed by atoms with Crippen molar-refractivity contribution < 1.29 is 14.3 Å². The zero-order valence-electron chi connectivity index (χ0n) is 20.2. The van der Waals surface area contributed by atoms with Gasteiger partial charge in [0.1, 0.15) is 5.75 Å². The number of likely N-dealkylation sites (tertiary alicyclic amines) is 1. The van der Waals surface area contributed by atoms with E-state index in [4.69, 9.17) is 4.74 Å². The number of esters is 1. The van der Waals surface area contributed by atoms with E-state index in [1.54, 1.807) is 0 Å². The highest BCUT2D eigenvalue weighted by molar-refractivity contribution is 8.00. The van der Waals surface area contributed by atoms with Crippen molar-refractivity contribution in [2.24, 2.45) is 5.92 Å². The normalized spacial score (nSPS) is 36.1. The lowest BCUT2D eigenvalue weighted by atomic mass is 9.52. The molecule has 2 N–H and O–H groups in total. The quantitative estimate of drug-likeness (QED) is 0.277. The van der Waals surface area contributed by atoms with Crippen LogP contribution in [-0.2, 0) is 16.6 Å². The Morgan fingerprint density at radius 1 is 1.24 bits per heavy atom. The van der Waals surface area contributed by atoms with E-state index < -0.39 is 0 Å². The number of fused-ring (bicyclic) bond motifs is 2. The molecule has 2 aliphatic carbocycles. The van der Waals surface area contributed by atoms with Crippen LogP contribution in [0.4, 0.5) is 4.79 Å². The van der Waals surface area contributed by atoms with Crippen molar-refractivity contribution in [1.82, 2.24) is 15.5 Å². The number of amides is 2. The topological polar surface area (TPSA) is 70.7 Å². The largest absolute Gasteiger partial charge is 0.427 e. The maximum atomic E-state index is 12.6. The van der Waals surface area contributed by atoms with Gasteiger partial charge in [-0.2, -0.15) is 11.8 Å². The number of thioether (sulfide) groups is 1. The average Bonchev–Trinajstić information content (AvgIpc) is 3.38. The van der Waals surface area contributed by atoms with Crippen LogP contribution in [0.5, 0.6) is 5.75 Å². The molecular formula is C27H37N3O3S. The number of ether oxygens (including phenoxy) is 1. The van der Waals surface area contributed by atoms with Gasteiger partial charge in [0.05, 0.1) is 12.1 Å². The SMILES string of the molecule is CN1CC[C@@]23CCCC[C@@H]2[C@@H]1Cc1ccc(OC(=O)CCCCC2SCC4NC(=O)NC42)cc13. The summed E-state index contributed by atoms with van der Waals surface area (Å²) < 4.78 is 5.85. The summed E-state index contributed by atoms with van der Waals surface area (Å²) in [5, 5.41) is 6.48. The molecule has 6 atom stereocenters. The molecule has 1 aromatic carbocycles. The van der Waals surface area contributed by atoms with Gasteiger partial charge in [0, 0.05) is 28.9 Å². The number of hydrogen-bond acceptors (Lipinski definition) is 5. The van der Waals surface area contributed by atoms with Crippen molar-refractivity contribution in [3.8, 4) is 5.75 Å². The lowest BCUT2D eigenvalue weighted by Crippen LogP contribution is -2.59. The fourth-order valence-corrected chi connectivity index (χ4v) is 9.22. The highest BCUT2D eigenvalue weighted by Crippen LogP contribution is 2.56. The Morgan fingerprint density at radius 3 is 3.06 bits per heavy atom. The number of unbranched alkanes of at least 4 members (excludes halogenated alkanes) is 1. The number of rotatable bonds is 6. The van der Waals surface area contributed by atoms with Crippen LogP contribution in [0.15, 0.2) is 18.2 Å². The van der Waals surface area contributed by atoms with Gasteiger partial charge in [-0.1, -0.05) is 25.3 Å². The van der Waals surface area contributed by atoms with Crippen molar-refractivity contribution in [2.75, 3.05) is 19.3 Å². The maximum Gasteiger partial charge on any atom is 0.315 e. The Labute approximate surface area is 206 Å². The molecule has 5 aliphatic rings. The van der Waals surface area contributed by atoms with Crippen molar-refractivity contribution >= 4 is 23.8 Å². The van der Waals surface area contributed by atoms with E-state index in [-0.39, 0.29) is 29.5 Å². The minimum atomic E-state index is -0.123. The molecule has 0 radical (unpaired) electrons. The van der Waals surface area contributed by atoms with Crippen molar-refractivity contribution in [2.45, 2.75) is 93.0 Å². The van der Waals surface area contributed by atoms with Gasteiger partial charge in [-0.25, -0.2) is 4.79 Å². The molecule has 7 heteroatoms. The summed E-state index contributed by atoms with van der Waals surface area (Å²) in [6, 6.07) is 7.59. The number of likely N-dealkylation sites (N-methyl/N-ethyl adjacent to an activating group) is 1. The predicted molar refractivity (Wildman–Crippen MR) is 134 cm³/mol. The number of hydrogen-bond donors (Lipinski definition) is 2. The molecule has 4 fully saturated rings. The van der Waals surface area contributed by atoms with E-state index in [1.165, 1.54) is 49.8 Å². The van der Waals surface area contributed by atoms with E-state index in [2.05, 4.69) is 34.7 Å². The first-order valence-electron chi connectivity index (χ1n) is 13.3. The molecule has 2 bridgehead atoms. The summed E-state index contributed by atoms with van der Waals surface area (Å²) in [6.07, 6.45) is 10.9. The van der Waals surface area contributed by atoms with Crippen LogP contribution < -0.4 is 15.4 Å². The second-order valence-corrected chi connectivity index (χ2v) is 12.4. The van der Waals surface area contributed by atoms with Crippen molar-refractivity contribution in [3.05, 3.63) is 29.3 Å². The molecule has 6 rings (SSSR count). The van der Waals surface area contributed by atoms with Crippen LogP contribution in [0.25, 0.3) is 0 Å². The summed E-state index contributed by atoms with van der Waals surface area (Å²) in [7, 11) is 2.30. The maximum absolute atomic E-state index is 12.6. The summed E-state index contributed by atoms with van der Waals surface area (Å²) in [6.45, 7) is 1.17. The van der Waals surface area contributed by atoms with Gasteiger partial charge in [-0.3, -0.25) is 4.79 Å². The zero-order chi connectivity index (χ0) is 23.3. The van der Waals surface area contributed by atoms with Gasteiger partial charge in [-0.15, -0.1) is 0 Å². The predicted octanol–water partition coefficient (Wildman–Crippen LogP) is 4.01. The first-order chi connectivity index (χ1) is 16.5. The Kier molecular flexibility index (Phi) is 6.05. The van der Waals surface area contributed by atoms with Gasteiger partial charge in [0.2, 0.25) is 0 Å². The number of nitrogens with one attached hydrogen (secondary N) is 2. The number of carbonyl (C=O) groups is 2. The van der Waals surface area contributed by atoms with E-state index in [1.807, 2.05) is 17.8 Å². The Morgan fingerprint density at radius 2 is 2.15 bits per heavy atom. The minimum absolute atomic E-state index is 0.0382. The number of urea groups is 1. The molecule has 184 valence electrons. The number of benzene rings is 1. The van der Waals surface area contributed by atoms with Crippen LogP contribution in [0.3, 0.4) is 0 Å². The van der Waals surface area contributed by atoms with Crippen LogP contribution in [0.2, 0.25) is 0 Å². The molecule has 1 saturated carbocycles. The molecular weight excluding hydrogens is 446 g/mol. The third-order valence-corrected chi connectivity index (χ3v) is 10.9. The van der Waals surface area contributed by atoms with E-state index in [9.17, 15) is 9.59 Å². The molecule has 3 heterocycles. The number of piperidine rings is 1. The lowest BCUT2D eigenvalue weighted by Gasteiger charge is -2.58. The second kappa shape index (κ2) is 9.05. The monoisotopic (exact) mass is 483 g/mol. The van der Waals surface area contributed by atoms with Crippen LogP contribution in [0.1, 0.15) is 68.9 Å². The summed E-state index contributed by atoms with van der Waals surface area (Å²) >= 11 is 1.93. The first kappa shape index (κ1) is 22.7. The minimum Gasteiger partial charge on any atom is -0.427 e. The lowest BCUT2D eigenvalue weighted by molar-refractivity contribution is -0.134. The molecule has 6 nitrogen and oxygen atoms in total. The van der Waals surface area contributed by atoms with Crippen LogP contribution in [-0.4, -0.2) is 59.6 Å². The highest BCUT2D eigenvalue weighted by Gasteiger charge is 2.53. The van der Waals surface area contributed by atoms with E-state index >= 15 is 0 Å². The number of carbonyl (C=O) groups excluding carboxylic acids is 2. The third kappa shape index (κ3) is 3.93. The van der Waals surface area contributed by atoms with Crippen molar-refractivity contribution in [3.63, 3.8) is 0 Å². The summed E-state index contributed by atoms with van der Waals surface area (Å²) in [5.74, 6) is 2.33. The summed E-state index contributed by atoms with van der Waals surface area (Å²) in [5.41, 5.74) is 3.23. The Hall–Kier alpha value is -1.73. The van der Waals surface area contributed by atoms with Gasteiger partial charge >= 0.3 is 12.0 Å². The average molecular weight is 484 g/mol. The van der Waals surface area contributed by atoms with Gasteiger partial charge in [0.25, 0.3) is 0 Å². The Bertz CT molecular complexity index is 970. The van der Waals surface area contributed by atoms with Gasteiger partial charge in [0.15, 0.2) is 0 Å². The standard InChI is InChI=1S/C27H37N3O3S/c1-30-13-12-27-11-5-4-6-19(27)22(30)14-17-9-10-18(15-20(17)27)33-24(31)8-3-2-7-23-25-21(16-34-23)28-26(32)29-25/h9-10,15,19,21-23,25H,2-8,11-14,16H2,1H3,(H2,28,29,32)/t19-,21?,22+,23?,25?,27+/m1/s1. The molecule has 0 spiro atoms. The fraction of sp³-hybridized carbons (Fsp3) is 0.704. The highest BCUT2D eigenvalue weighted by atomic mass is 32.2. The molecule has 0 aromatic heterocycles. The third-order valence-electron chi connectivity index (χ3n) is 9.38. The molecule has 3 unspecified atom stereocenters. The van der Waals surface area contributed by atoms with Crippen molar-refractivity contribution in [1.29, 1.82) is 0 Å². The fourth-order valence-electron chi connectivity index (χ4n) is 7.68. The summed E-state index contributed by atoms with van der Waals surface area (Å²) in [4.78, 5) is 26.8.